The summed E-state index contributed by atoms with van der Waals surface area (Å²) >= 11 is 8.12. The van der Waals surface area contributed by atoms with E-state index in [0.717, 1.165) is 59.7 Å². The molecular formula is C32H36ClN5O3S2. The summed E-state index contributed by atoms with van der Waals surface area (Å²) in [6.07, 6.45) is 3.69. The maximum absolute atomic E-state index is 13.7. The number of benzene rings is 2. The number of sulfone groups is 1. The summed E-state index contributed by atoms with van der Waals surface area (Å²) < 4.78 is 26.0. The molecule has 2 saturated heterocycles. The third kappa shape index (κ3) is 6.73. The number of rotatable bonds is 7. The molecule has 6 rings (SSSR count). The number of hydrogen-bond acceptors (Lipinski definition) is 7. The second kappa shape index (κ2) is 12.5. The second-order valence-corrected chi connectivity index (χ2v) is 15.1. The first-order valence-electron chi connectivity index (χ1n) is 14.6. The maximum Gasteiger partial charge on any atom is 0.274 e. The molecule has 8 nitrogen and oxygen atoms in total. The van der Waals surface area contributed by atoms with Gasteiger partial charge in [-0.25, -0.2) is 13.1 Å². The molecule has 0 atom stereocenters. The van der Waals surface area contributed by atoms with Crippen molar-refractivity contribution in [1.29, 1.82) is 0 Å². The number of amides is 1. The molecule has 4 heterocycles. The van der Waals surface area contributed by atoms with Gasteiger partial charge in [-0.3, -0.25) is 9.69 Å². The fraction of sp³-hybridized carbons (Fsp3) is 0.375. The molecule has 2 aliphatic heterocycles. The van der Waals surface area contributed by atoms with E-state index in [1.807, 2.05) is 53.4 Å². The summed E-state index contributed by atoms with van der Waals surface area (Å²) in [6.45, 7) is 6.54. The van der Waals surface area contributed by atoms with E-state index in [4.69, 9.17) is 16.7 Å². The molecule has 0 unspecified atom stereocenters. The summed E-state index contributed by atoms with van der Waals surface area (Å²) in [6, 6.07) is 20.2. The fourth-order valence-corrected chi connectivity index (χ4v) is 7.77. The molecule has 43 heavy (non-hydrogen) atoms. The quantitative estimate of drug-likeness (QED) is 0.269. The first-order valence-corrected chi connectivity index (χ1v) is 17.7. The summed E-state index contributed by atoms with van der Waals surface area (Å²) in [5.41, 5.74) is 2.65. The van der Waals surface area contributed by atoms with E-state index in [1.54, 1.807) is 22.9 Å². The Kier molecular flexibility index (Phi) is 8.75. The number of carbonyl (C=O) groups excluding carboxylic acids is 1. The first-order chi connectivity index (χ1) is 20.7. The smallest absolute Gasteiger partial charge is 0.274 e. The van der Waals surface area contributed by atoms with Gasteiger partial charge in [-0.15, -0.1) is 11.3 Å². The summed E-state index contributed by atoms with van der Waals surface area (Å²) in [4.78, 5) is 22.6. The van der Waals surface area contributed by atoms with Crippen LogP contribution in [0, 0.1) is 5.92 Å². The molecule has 4 aromatic rings. The van der Waals surface area contributed by atoms with Crippen LogP contribution in [-0.4, -0.2) is 97.9 Å². The van der Waals surface area contributed by atoms with E-state index >= 15 is 0 Å². The van der Waals surface area contributed by atoms with Gasteiger partial charge in [0.05, 0.1) is 26.2 Å². The monoisotopic (exact) mass is 637 g/mol. The number of piperidine rings is 1. The van der Waals surface area contributed by atoms with Crippen LogP contribution in [0.5, 0.6) is 0 Å². The van der Waals surface area contributed by atoms with Crippen molar-refractivity contribution < 1.29 is 13.2 Å². The number of aromatic nitrogens is 2. The van der Waals surface area contributed by atoms with Gasteiger partial charge in [-0.2, -0.15) is 5.10 Å². The Bertz CT molecular complexity index is 1720. The molecule has 226 valence electrons. The van der Waals surface area contributed by atoms with E-state index in [-0.39, 0.29) is 10.8 Å². The molecule has 2 aromatic heterocycles. The molecular weight excluding hydrogens is 602 g/mol. The van der Waals surface area contributed by atoms with Gasteiger partial charge in [0.1, 0.15) is 0 Å². The van der Waals surface area contributed by atoms with Gasteiger partial charge in [0.2, 0.25) is 0 Å². The molecule has 2 fully saturated rings. The molecule has 0 bridgehead atoms. The van der Waals surface area contributed by atoms with Crippen LogP contribution in [0.3, 0.4) is 0 Å². The van der Waals surface area contributed by atoms with Crippen molar-refractivity contribution in [3.05, 3.63) is 77.4 Å². The molecule has 2 aromatic carbocycles. The molecule has 2 aliphatic rings. The lowest BCUT2D eigenvalue weighted by molar-refractivity contribution is 0.0588. The van der Waals surface area contributed by atoms with E-state index < -0.39 is 9.84 Å². The normalized spacial score (nSPS) is 17.4. The predicted molar refractivity (Wildman–Crippen MR) is 173 cm³/mol. The SMILES string of the molecule is CN1CCC(CN2CCN(C(=O)c3cc(-c4ccc(-c5cccc(S(C)(=O)=O)c5)s4)n(-c4ccccc4Cl)n3)CC2)CC1. The molecule has 0 radical (unpaired) electrons. The van der Waals surface area contributed by atoms with E-state index in [1.165, 1.54) is 30.4 Å². The van der Waals surface area contributed by atoms with Gasteiger partial charge < -0.3 is 9.80 Å². The minimum absolute atomic E-state index is 0.0800. The van der Waals surface area contributed by atoms with Crippen LogP contribution in [0.15, 0.2) is 71.6 Å². The van der Waals surface area contributed by atoms with Crippen molar-refractivity contribution in [3.63, 3.8) is 0 Å². The molecule has 0 spiro atoms. The van der Waals surface area contributed by atoms with Crippen molar-refractivity contribution in [2.75, 3.05) is 59.1 Å². The second-order valence-electron chi connectivity index (χ2n) is 11.6. The number of likely N-dealkylation sites (tertiary alicyclic amines) is 1. The third-order valence-electron chi connectivity index (χ3n) is 8.43. The van der Waals surface area contributed by atoms with Gasteiger partial charge in [0.15, 0.2) is 15.5 Å². The van der Waals surface area contributed by atoms with Gasteiger partial charge in [-0.05, 0) is 86.9 Å². The van der Waals surface area contributed by atoms with Gasteiger partial charge in [0.25, 0.3) is 5.91 Å². The Morgan fingerprint density at radius 3 is 2.37 bits per heavy atom. The molecule has 0 aliphatic carbocycles. The number of nitrogens with zero attached hydrogens (tertiary/aromatic N) is 5. The highest BCUT2D eigenvalue weighted by atomic mass is 35.5. The lowest BCUT2D eigenvalue weighted by atomic mass is 9.96. The average Bonchev–Trinajstić information content (AvgIpc) is 3.67. The maximum atomic E-state index is 13.7. The van der Waals surface area contributed by atoms with E-state index in [2.05, 4.69) is 16.8 Å². The van der Waals surface area contributed by atoms with Crippen molar-refractivity contribution in [2.24, 2.45) is 5.92 Å². The fourth-order valence-electron chi connectivity index (χ4n) is 5.88. The zero-order valence-electron chi connectivity index (χ0n) is 24.4. The molecule has 0 saturated carbocycles. The molecule has 1 amide bonds. The van der Waals surface area contributed by atoms with Gasteiger partial charge >= 0.3 is 0 Å². The van der Waals surface area contributed by atoms with Crippen LogP contribution in [0.1, 0.15) is 23.3 Å². The topological polar surface area (TPSA) is 78.8 Å². The van der Waals surface area contributed by atoms with Crippen LogP contribution in [0.4, 0.5) is 0 Å². The van der Waals surface area contributed by atoms with Crippen molar-refractivity contribution in [2.45, 2.75) is 17.7 Å². The highest BCUT2D eigenvalue weighted by Gasteiger charge is 2.28. The van der Waals surface area contributed by atoms with Gasteiger partial charge in [0, 0.05) is 43.9 Å². The average molecular weight is 638 g/mol. The van der Waals surface area contributed by atoms with Crippen LogP contribution in [-0.2, 0) is 9.84 Å². The third-order valence-corrected chi connectivity index (χ3v) is 11.0. The number of hydrogen-bond donors (Lipinski definition) is 0. The molecule has 0 N–H and O–H groups in total. The minimum atomic E-state index is -3.33. The largest absolute Gasteiger partial charge is 0.335 e. The van der Waals surface area contributed by atoms with Crippen LogP contribution in [0.25, 0.3) is 26.7 Å². The Hall–Kier alpha value is -3.02. The first kappa shape index (κ1) is 30.0. The standard InChI is InChI=1S/C32H36ClN5O3S2/c1-35-14-12-23(13-15-35)22-36-16-18-37(19-17-36)32(39)27-21-29(38(34-27)28-9-4-3-8-26(28)33)31-11-10-30(42-31)24-6-5-7-25(20-24)43(2,40)41/h3-11,20-21,23H,12-19,22H2,1-2H3. The van der Waals surface area contributed by atoms with Crippen molar-refractivity contribution >= 4 is 38.7 Å². The van der Waals surface area contributed by atoms with Crippen molar-refractivity contribution in [3.8, 4) is 26.7 Å². The summed E-state index contributed by atoms with van der Waals surface area (Å²) in [5, 5.41) is 5.32. The number of para-hydroxylation sites is 1. The minimum Gasteiger partial charge on any atom is -0.335 e. The molecule has 11 heteroatoms. The Morgan fingerprint density at radius 1 is 0.930 bits per heavy atom. The number of carbonyl (C=O) groups is 1. The highest BCUT2D eigenvalue weighted by Crippen LogP contribution is 2.37. The summed E-state index contributed by atoms with van der Waals surface area (Å²) in [5.74, 6) is 0.653. The summed E-state index contributed by atoms with van der Waals surface area (Å²) in [7, 11) is -1.14. The van der Waals surface area contributed by atoms with Crippen LogP contribution < -0.4 is 0 Å². The Balaban J connectivity index is 1.24. The zero-order chi connectivity index (χ0) is 30.1. The lowest BCUT2D eigenvalue weighted by Gasteiger charge is -2.38. The van der Waals surface area contributed by atoms with Crippen molar-refractivity contribution in [1.82, 2.24) is 24.5 Å². The number of piperazine rings is 1. The Morgan fingerprint density at radius 2 is 1.65 bits per heavy atom. The predicted octanol–water partition coefficient (Wildman–Crippen LogP) is 5.42. The number of halogens is 1. The number of thiophene rings is 1. The Labute approximate surface area is 262 Å². The van der Waals surface area contributed by atoms with E-state index in [0.29, 0.717) is 29.5 Å². The highest BCUT2D eigenvalue weighted by molar-refractivity contribution is 7.90. The van der Waals surface area contributed by atoms with Crippen LogP contribution >= 0.6 is 22.9 Å². The van der Waals surface area contributed by atoms with Gasteiger partial charge in [-0.1, -0.05) is 35.9 Å². The lowest BCUT2D eigenvalue weighted by Crippen LogP contribution is -2.50. The van der Waals surface area contributed by atoms with E-state index in [9.17, 15) is 13.2 Å². The zero-order valence-corrected chi connectivity index (χ0v) is 26.8. The van der Waals surface area contributed by atoms with Crippen LogP contribution in [0.2, 0.25) is 5.02 Å².